The molecule has 13 heteroatoms. The van der Waals surface area contributed by atoms with Gasteiger partial charge in [-0.05, 0) is 36.4 Å². The molecule has 0 bridgehead atoms. The van der Waals surface area contributed by atoms with Crippen molar-refractivity contribution in [2.45, 2.75) is 0 Å². The maximum absolute atomic E-state index is 12.3. The zero-order valence-corrected chi connectivity index (χ0v) is 16.6. The third-order valence-electron chi connectivity index (χ3n) is 4.28. The number of aromatic hydroxyl groups is 7. The zero-order valence-electron chi connectivity index (χ0n) is 16.6. The molecule has 176 valence electrons. The van der Waals surface area contributed by atoms with E-state index in [9.17, 15) is 50.1 Å². The number of carboxylic acids is 1. The summed E-state index contributed by atoms with van der Waals surface area (Å²) >= 11 is 0. The maximum Gasteiger partial charge on any atom is 0.344 e. The first kappa shape index (κ1) is 23.3. The summed E-state index contributed by atoms with van der Waals surface area (Å²) in [5.41, 5.74) is -1.49. The molecule has 13 nitrogen and oxygen atoms in total. The molecule has 34 heavy (non-hydrogen) atoms. The highest BCUT2D eigenvalue weighted by Gasteiger charge is 2.23. The predicted octanol–water partition coefficient (Wildman–Crippen LogP) is 1.76. The fraction of sp³-hybridized carbons (Fsp3) is 0. The molecule has 0 saturated heterocycles. The number of ether oxygens (including phenoxy) is 2. The van der Waals surface area contributed by atoms with Crippen LogP contribution in [0.1, 0.15) is 31.1 Å². The molecule has 3 aromatic rings. The van der Waals surface area contributed by atoms with Gasteiger partial charge in [-0.2, -0.15) is 0 Å². The second kappa shape index (κ2) is 8.66. The van der Waals surface area contributed by atoms with Crippen LogP contribution < -0.4 is 9.47 Å². The number of hydrogen-bond donors (Lipinski definition) is 8. The van der Waals surface area contributed by atoms with Crippen molar-refractivity contribution in [3.05, 3.63) is 53.1 Å². The molecular formula is C21H14O13. The molecule has 0 aromatic heterocycles. The van der Waals surface area contributed by atoms with Gasteiger partial charge in [0.05, 0.1) is 16.7 Å². The van der Waals surface area contributed by atoms with E-state index >= 15 is 0 Å². The van der Waals surface area contributed by atoms with Gasteiger partial charge in [0.2, 0.25) is 11.5 Å². The Morgan fingerprint density at radius 3 is 1.12 bits per heavy atom. The summed E-state index contributed by atoms with van der Waals surface area (Å²) in [4.78, 5) is 35.5. The number of benzene rings is 3. The van der Waals surface area contributed by atoms with Crippen molar-refractivity contribution in [1.29, 1.82) is 0 Å². The standard InChI is InChI=1S/C21H14O13/c22-10-3-8(4-11(23)16(10)28)20(31)34-18-14(26)5-9(6-15(18)27)21(32)33-17-12(24)1-7(19(29)30)2-13(17)25/h1-6,22-28H,(H,29,30). The first-order valence-electron chi connectivity index (χ1n) is 8.93. The number of carboxylic acid groups (broad SMARTS) is 1. The molecule has 0 radical (unpaired) electrons. The Labute approximate surface area is 188 Å². The molecule has 0 aliphatic carbocycles. The topological polar surface area (TPSA) is 232 Å². The van der Waals surface area contributed by atoms with Crippen LogP contribution in [0.5, 0.6) is 51.7 Å². The quantitative estimate of drug-likeness (QED) is 0.150. The van der Waals surface area contributed by atoms with Gasteiger partial charge in [0, 0.05) is 0 Å². The lowest BCUT2D eigenvalue weighted by molar-refractivity contribution is 0.0693. The Bertz CT molecular complexity index is 1270. The van der Waals surface area contributed by atoms with Gasteiger partial charge in [-0.15, -0.1) is 0 Å². The van der Waals surface area contributed by atoms with E-state index in [0.717, 1.165) is 12.1 Å². The van der Waals surface area contributed by atoms with E-state index < -0.39 is 86.3 Å². The van der Waals surface area contributed by atoms with E-state index in [1.807, 2.05) is 0 Å². The van der Waals surface area contributed by atoms with E-state index in [-0.39, 0.29) is 0 Å². The molecule has 0 atom stereocenters. The first-order chi connectivity index (χ1) is 15.9. The molecule has 0 amide bonds. The molecule has 0 heterocycles. The third-order valence-corrected chi connectivity index (χ3v) is 4.28. The van der Waals surface area contributed by atoms with Crippen molar-refractivity contribution < 1.29 is 64.7 Å². The molecule has 0 fully saturated rings. The van der Waals surface area contributed by atoms with Crippen LogP contribution in [0.15, 0.2) is 36.4 Å². The van der Waals surface area contributed by atoms with Gasteiger partial charge in [0.1, 0.15) is 0 Å². The zero-order chi connectivity index (χ0) is 25.3. The summed E-state index contributed by atoms with van der Waals surface area (Å²) in [7, 11) is 0. The summed E-state index contributed by atoms with van der Waals surface area (Å²) in [5.74, 6) is -11.9. The van der Waals surface area contributed by atoms with Gasteiger partial charge in [-0.1, -0.05) is 0 Å². The van der Waals surface area contributed by atoms with Gasteiger partial charge in [-0.3, -0.25) is 0 Å². The average Bonchev–Trinajstić information content (AvgIpc) is 2.75. The number of rotatable bonds is 5. The van der Waals surface area contributed by atoms with Gasteiger partial charge in [0.25, 0.3) is 0 Å². The number of phenolic OH excluding ortho intramolecular Hbond substituents is 7. The minimum absolute atomic E-state index is 0.467. The largest absolute Gasteiger partial charge is 0.504 e. The van der Waals surface area contributed by atoms with Crippen LogP contribution >= 0.6 is 0 Å². The van der Waals surface area contributed by atoms with E-state index in [1.54, 1.807) is 0 Å². The van der Waals surface area contributed by atoms with Crippen LogP contribution in [0, 0.1) is 0 Å². The van der Waals surface area contributed by atoms with E-state index in [1.165, 1.54) is 0 Å². The normalized spacial score (nSPS) is 10.5. The molecule has 0 saturated carbocycles. The Hall–Kier alpha value is -5.33. The van der Waals surface area contributed by atoms with Crippen molar-refractivity contribution in [3.8, 4) is 51.7 Å². The van der Waals surface area contributed by atoms with Gasteiger partial charge in [0.15, 0.2) is 40.2 Å². The van der Waals surface area contributed by atoms with Gasteiger partial charge >= 0.3 is 17.9 Å². The molecule has 0 unspecified atom stereocenters. The molecular weight excluding hydrogens is 460 g/mol. The summed E-state index contributed by atoms with van der Waals surface area (Å²) in [6.07, 6.45) is 0. The smallest absolute Gasteiger partial charge is 0.344 e. The number of carbonyl (C=O) groups is 3. The molecule has 0 spiro atoms. The lowest BCUT2D eigenvalue weighted by Gasteiger charge is -2.12. The van der Waals surface area contributed by atoms with E-state index in [0.29, 0.717) is 24.3 Å². The minimum atomic E-state index is -1.47. The van der Waals surface area contributed by atoms with Gasteiger partial charge in [-0.25, -0.2) is 14.4 Å². The van der Waals surface area contributed by atoms with Crippen molar-refractivity contribution in [2.24, 2.45) is 0 Å². The summed E-state index contributed by atoms with van der Waals surface area (Å²) < 4.78 is 9.60. The number of hydrogen-bond acceptors (Lipinski definition) is 12. The van der Waals surface area contributed by atoms with E-state index in [4.69, 9.17) is 14.6 Å². The highest BCUT2D eigenvalue weighted by Crippen LogP contribution is 2.41. The van der Waals surface area contributed by atoms with Crippen LogP contribution in [0.2, 0.25) is 0 Å². The molecule has 3 aromatic carbocycles. The van der Waals surface area contributed by atoms with Crippen molar-refractivity contribution >= 4 is 17.9 Å². The Balaban J connectivity index is 1.85. The number of esters is 2. The highest BCUT2D eigenvalue weighted by atomic mass is 16.6. The van der Waals surface area contributed by atoms with Gasteiger partial charge < -0.3 is 50.3 Å². The average molecular weight is 474 g/mol. The lowest BCUT2D eigenvalue weighted by Crippen LogP contribution is -2.11. The van der Waals surface area contributed by atoms with E-state index in [2.05, 4.69) is 0 Å². The van der Waals surface area contributed by atoms with Crippen molar-refractivity contribution in [3.63, 3.8) is 0 Å². The van der Waals surface area contributed by atoms with Crippen LogP contribution in [0.3, 0.4) is 0 Å². The summed E-state index contributed by atoms with van der Waals surface area (Å²) in [5, 5.41) is 77.0. The maximum atomic E-state index is 12.3. The Morgan fingerprint density at radius 2 is 0.794 bits per heavy atom. The second-order valence-electron chi connectivity index (χ2n) is 6.63. The number of phenols is 7. The molecule has 3 rings (SSSR count). The minimum Gasteiger partial charge on any atom is -0.504 e. The monoisotopic (exact) mass is 474 g/mol. The Kier molecular flexibility index (Phi) is 5.94. The highest BCUT2D eigenvalue weighted by molar-refractivity contribution is 5.96. The lowest BCUT2D eigenvalue weighted by atomic mass is 10.1. The van der Waals surface area contributed by atoms with Crippen LogP contribution in [-0.2, 0) is 0 Å². The number of carbonyl (C=O) groups excluding carboxylic acids is 2. The predicted molar refractivity (Wildman–Crippen MR) is 108 cm³/mol. The summed E-state index contributed by atoms with van der Waals surface area (Å²) in [6.45, 7) is 0. The number of aromatic carboxylic acids is 1. The third kappa shape index (κ3) is 4.47. The van der Waals surface area contributed by atoms with Crippen LogP contribution in [0.4, 0.5) is 0 Å². The molecule has 8 N–H and O–H groups in total. The fourth-order valence-corrected chi connectivity index (χ4v) is 2.67. The van der Waals surface area contributed by atoms with Crippen LogP contribution in [0.25, 0.3) is 0 Å². The van der Waals surface area contributed by atoms with Crippen molar-refractivity contribution in [1.82, 2.24) is 0 Å². The molecule has 0 aliphatic rings. The Morgan fingerprint density at radius 1 is 0.500 bits per heavy atom. The molecule has 0 aliphatic heterocycles. The van der Waals surface area contributed by atoms with Crippen molar-refractivity contribution in [2.75, 3.05) is 0 Å². The first-order valence-corrected chi connectivity index (χ1v) is 8.93. The summed E-state index contributed by atoms with van der Waals surface area (Å²) in [6, 6.07) is 4.31. The SMILES string of the molecule is O=C(O)c1cc(O)c(OC(=O)c2cc(O)c(OC(=O)c3cc(O)c(O)c(O)c3)c(O)c2)c(O)c1. The van der Waals surface area contributed by atoms with Crippen LogP contribution in [-0.4, -0.2) is 58.8 Å². The second-order valence-corrected chi connectivity index (χ2v) is 6.63. The fourth-order valence-electron chi connectivity index (χ4n) is 2.67.